The zero-order chi connectivity index (χ0) is 10.8. The lowest BCUT2D eigenvalue weighted by molar-refractivity contribution is 0.400. The summed E-state index contributed by atoms with van der Waals surface area (Å²) in [6.45, 7) is 0.910. The van der Waals surface area contributed by atoms with Gasteiger partial charge >= 0.3 is 0 Å². The van der Waals surface area contributed by atoms with E-state index in [4.69, 9.17) is 23.2 Å². The number of benzene rings is 1. The number of rotatable bonds is 1. The molecule has 0 radical (unpaired) electrons. The molecule has 1 saturated heterocycles. The predicted octanol–water partition coefficient (Wildman–Crippen LogP) is 3.95. The molecule has 1 atom stereocenters. The molecule has 0 unspecified atom stereocenters. The van der Waals surface area contributed by atoms with Crippen LogP contribution in [0.15, 0.2) is 12.1 Å². The van der Waals surface area contributed by atoms with E-state index in [1.54, 1.807) is 0 Å². The molecule has 82 valence electrons. The van der Waals surface area contributed by atoms with Gasteiger partial charge in [-0.2, -0.15) is 0 Å². The molecule has 15 heavy (non-hydrogen) atoms. The number of halogens is 3. The van der Waals surface area contributed by atoms with E-state index in [-0.39, 0.29) is 11.9 Å². The van der Waals surface area contributed by atoms with Gasteiger partial charge in [0, 0.05) is 11.6 Å². The van der Waals surface area contributed by atoms with Crippen LogP contribution in [-0.2, 0) is 0 Å². The van der Waals surface area contributed by atoms with Gasteiger partial charge in [-0.3, -0.25) is 0 Å². The molecule has 0 saturated carbocycles. The highest BCUT2D eigenvalue weighted by Gasteiger charge is 2.22. The quantitative estimate of drug-likeness (QED) is 0.742. The van der Waals surface area contributed by atoms with E-state index in [1.165, 1.54) is 12.1 Å². The normalized spacial score (nSPS) is 21.7. The zero-order valence-electron chi connectivity index (χ0n) is 8.19. The van der Waals surface area contributed by atoms with Crippen molar-refractivity contribution in [2.45, 2.75) is 25.3 Å². The van der Waals surface area contributed by atoms with Crippen molar-refractivity contribution in [3.8, 4) is 0 Å². The maximum absolute atomic E-state index is 13.6. The maximum Gasteiger partial charge on any atom is 0.129 e. The Morgan fingerprint density at radius 2 is 2.07 bits per heavy atom. The minimum atomic E-state index is -0.274. The van der Waals surface area contributed by atoms with Crippen molar-refractivity contribution in [1.82, 2.24) is 5.32 Å². The highest BCUT2D eigenvalue weighted by molar-refractivity contribution is 6.42. The number of nitrogens with one attached hydrogen (secondary N) is 1. The second kappa shape index (κ2) is 4.69. The van der Waals surface area contributed by atoms with Crippen LogP contribution in [0.2, 0.25) is 10.0 Å². The van der Waals surface area contributed by atoms with Crippen LogP contribution in [0.4, 0.5) is 4.39 Å². The van der Waals surface area contributed by atoms with Crippen molar-refractivity contribution in [3.63, 3.8) is 0 Å². The van der Waals surface area contributed by atoms with Gasteiger partial charge in [0.25, 0.3) is 0 Å². The Morgan fingerprint density at radius 1 is 1.27 bits per heavy atom. The Balaban J connectivity index is 2.36. The van der Waals surface area contributed by atoms with Gasteiger partial charge in [-0.05, 0) is 31.5 Å². The Kier molecular flexibility index (Phi) is 3.49. The molecule has 0 spiro atoms. The van der Waals surface area contributed by atoms with Gasteiger partial charge in [0.05, 0.1) is 10.0 Å². The van der Waals surface area contributed by atoms with Crippen LogP contribution < -0.4 is 5.32 Å². The van der Waals surface area contributed by atoms with Gasteiger partial charge in [-0.1, -0.05) is 29.6 Å². The number of hydrogen-bond acceptors (Lipinski definition) is 1. The Morgan fingerprint density at radius 3 is 2.73 bits per heavy atom. The molecule has 0 amide bonds. The monoisotopic (exact) mass is 247 g/mol. The fourth-order valence-electron chi connectivity index (χ4n) is 1.96. The summed E-state index contributed by atoms with van der Waals surface area (Å²) in [6, 6.07) is 2.87. The fraction of sp³-hybridized carbons (Fsp3) is 0.455. The third-order valence-electron chi connectivity index (χ3n) is 2.74. The molecule has 1 nitrogen and oxygen atoms in total. The van der Waals surface area contributed by atoms with Crippen molar-refractivity contribution >= 4 is 23.2 Å². The second-order valence-electron chi connectivity index (χ2n) is 3.76. The van der Waals surface area contributed by atoms with Crippen LogP contribution in [0, 0.1) is 5.82 Å². The molecule has 1 N–H and O–H groups in total. The third-order valence-corrected chi connectivity index (χ3v) is 3.56. The van der Waals surface area contributed by atoms with E-state index >= 15 is 0 Å². The lowest BCUT2D eigenvalue weighted by Gasteiger charge is -2.25. The minimum Gasteiger partial charge on any atom is -0.310 e. The van der Waals surface area contributed by atoms with Crippen molar-refractivity contribution in [2.24, 2.45) is 0 Å². The van der Waals surface area contributed by atoms with Crippen molar-refractivity contribution in [2.75, 3.05) is 6.54 Å². The number of hydrogen-bond donors (Lipinski definition) is 1. The van der Waals surface area contributed by atoms with Crippen LogP contribution in [0.1, 0.15) is 30.9 Å². The maximum atomic E-state index is 13.6. The van der Waals surface area contributed by atoms with Crippen molar-refractivity contribution in [3.05, 3.63) is 33.6 Å². The van der Waals surface area contributed by atoms with Crippen LogP contribution in [0.3, 0.4) is 0 Å². The molecule has 2 rings (SSSR count). The van der Waals surface area contributed by atoms with E-state index in [9.17, 15) is 4.39 Å². The highest BCUT2D eigenvalue weighted by Crippen LogP contribution is 2.35. The first kappa shape index (κ1) is 11.2. The van der Waals surface area contributed by atoms with Crippen molar-refractivity contribution in [1.29, 1.82) is 0 Å². The fourth-order valence-corrected chi connectivity index (χ4v) is 2.41. The van der Waals surface area contributed by atoms with Gasteiger partial charge in [0.1, 0.15) is 5.82 Å². The van der Waals surface area contributed by atoms with E-state index in [2.05, 4.69) is 5.32 Å². The summed E-state index contributed by atoms with van der Waals surface area (Å²) in [6.07, 6.45) is 3.15. The van der Waals surface area contributed by atoms with Gasteiger partial charge in [0.15, 0.2) is 0 Å². The van der Waals surface area contributed by atoms with Gasteiger partial charge in [-0.15, -0.1) is 0 Å². The zero-order valence-corrected chi connectivity index (χ0v) is 9.71. The number of piperidine rings is 1. The molecule has 1 aliphatic heterocycles. The highest BCUT2D eigenvalue weighted by atomic mass is 35.5. The first-order chi connectivity index (χ1) is 7.20. The second-order valence-corrected chi connectivity index (χ2v) is 4.54. The summed E-state index contributed by atoms with van der Waals surface area (Å²) in [5.41, 5.74) is 0.517. The Bertz CT molecular complexity index is 362. The summed E-state index contributed by atoms with van der Waals surface area (Å²) in [4.78, 5) is 0. The summed E-state index contributed by atoms with van der Waals surface area (Å²) < 4.78 is 13.6. The molecule has 1 aromatic rings. The molecule has 1 heterocycles. The summed E-state index contributed by atoms with van der Waals surface area (Å²) in [5.74, 6) is -0.274. The smallest absolute Gasteiger partial charge is 0.129 e. The molecular weight excluding hydrogens is 236 g/mol. The first-order valence-electron chi connectivity index (χ1n) is 5.07. The summed E-state index contributed by atoms with van der Waals surface area (Å²) in [7, 11) is 0. The van der Waals surface area contributed by atoms with Gasteiger partial charge in [0.2, 0.25) is 0 Å². The lowest BCUT2D eigenvalue weighted by Crippen LogP contribution is -2.27. The van der Waals surface area contributed by atoms with Gasteiger partial charge < -0.3 is 5.32 Å². The van der Waals surface area contributed by atoms with Crippen molar-refractivity contribution < 1.29 is 4.39 Å². The van der Waals surface area contributed by atoms with Crippen LogP contribution >= 0.6 is 23.2 Å². The van der Waals surface area contributed by atoms with E-state index in [0.29, 0.717) is 15.6 Å². The predicted molar refractivity (Wildman–Crippen MR) is 61.0 cm³/mol. The van der Waals surface area contributed by atoms with E-state index < -0.39 is 0 Å². The third kappa shape index (κ3) is 2.27. The molecule has 1 aromatic carbocycles. The molecule has 0 bridgehead atoms. The minimum absolute atomic E-state index is 0.00458. The van der Waals surface area contributed by atoms with Gasteiger partial charge in [-0.25, -0.2) is 4.39 Å². The topological polar surface area (TPSA) is 12.0 Å². The average molecular weight is 248 g/mol. The SMILES string of the molecule is Fc1ccc(Cl)c(Cl)c1[C@H]1CCCCN1. The molecule has 0 aromatic heterocycles. The molecule has 4 heteroatoms. The summed E-state index contributed by atoms with van der Waals surface area (Å²) in [5, 5.41) is 4.02. The summed E-state index contributed by atoms with van der Waals surface area (Å²) >= 11 is 11.9. The van der Waals surface area contributed by atoms with Crippen LogP contribution in [-0.4, -0.2) is 6.54 Å². The standard InChI is InChI=1S/C11H12Cl2FN/c12-7-4-5-8(14)10(11(7)13)9-3-1-2-6-15-9/h4-5,9,15H,1-3,6H2/t9-/m1/s1. The Hall–Kier alpha value is -0.310. The largest absolute Gasteiger partial charge is 0.310 e. The molecule has 1 aliphatic rings. The average Bonchev–Trinajstić information content (AvgIpc) is 2.26. The van der Waals surface area contributed by atoms with E-state index in [1.807, 2.05) is 0 Å². The Labute approximate surface area is 98.6 Å². The molecule has 1 fully saturated rings. The molecular formula is C11H12Cl2FN. The van der Waals surface area contributed by atoms with Crippen LogP contribution in [0.25, 0.3) is 0 Å². The van der Waals surface area contributed by atoms with Crippen LogP contribution in [0.5, 0.6) is 0 Å². The molecule has 0 aliphatic carbocycles. The van der Waals surface area contributed by atoms with E-state index in [0.717, 1.165) is 25.8 Å². The lowest BCUT2D eigenvalue weighted by atomic mass is 9.97. The first-order valence-corrected chi connectivity index (χ1v) is 5.82.